The van der Waals surface area contributed by atoms with Gasteiger partial charge in [-0.2, -0.15) is 14.7 Å². The first-order valence-corrected chi connectivity index (χ1v) is 10.6. The van der Waals surface area contributed by atoms with Gasteiger partial charge in [-0.3, -0.25) is 5.10 Å². The van der Waals surface area contributed by atoms with Crippen LogP contribution in [0.5, 0.6) is 0 Å². The first kappa shape index (κ1) is 18.8. The zero-order valence-corrected chi connectivity index (χ0v) is 17.0. The maximum absolute atomic E-state index is 5.00. The van der Waals surface area contributed by atoms with Crippen LogP contribution in [-0.4, -0.2) is 44.1 Å². The van der Waals surface area contributed by atoms with E-state index in [0.717, 1.165) is 58.4 Å². The second kappa shape index (κ2) is 8.20. The van der Waals surface area contributed by atoms with Crippen LogP contribution in [0.15, 0.2) is 47.9 Å². The Balaban J connectivity index is 1.83. The van der Waals surface area contributed by atoms with Gasteiger partial charge in [0.1, 0.15) is 5.82 Å². The molecule has 3 aromatic rings. The van der Waals surface area contributed by atoms with Crippen LogP contribution < -0.4 is 10.6 Å². The van der Waals surface area contributed by atoms with E-state index in [1.165, 1.54) is 6.42 Å². The monoisotopic (exact) mass is 395 g/mol. The smallest absolute Gasteiger partial charge is 0.165 e. The van der Waals surface area contributed by atoms with Gasteiger partial charge in [-0.25, -0.2) is 4.98 Å². The van der Waals surface area contributed by atoms with Gasteiger partial charge in [0, 0.05) is 35.9 Å². The lowest BCUT2D eigenvalue weighted by molar-refractivity contribution is 0.455. The van der Waals surface area contributed by atoms with Crippen molar-refractivity contribution in [2.75, 3.05) is 24.7 Å². The summed E-state index contributed by atoms with van der Waals surface area (Å²) in [4.78, 5) is 5.00. The number of H-pyrrole nitrogens is 1. The molecule has 3 aromatic heterocycles. The lowest BCUT2D eigenvalue weighted by atomic mass is 9.96. The number of hydrogen-bond acceptors (Lipinski definition) is 6. The van der Waals surface area contributed by atoms with Gasteiger partial charge in [0.15, 0.2) is 5.65 Å². The standard InChI is InChI=1S/C20H25N7S/c1-13(2)7-19(28-3)26-18-8-17(14-5-4-6-21-9-14)25-20-16(12-24-27(18)20)15-10-22-23-11-15/h7-8,10-12,14,21,26H,1,4-6,9H2,2-3H3,(H,22,23)/b19-7-. The van der Waals surface area contributed by atoms with Crippen LogP contribution in [0.4, 0.5) is 5.82 Å². The molecule has 146 valence electrons. The lowest BCUT2D eigenvalue weighted by Crippen LogP contribution is -2.29. The van der Waals surface area contributed by atoms with Crippen molar-refractivity contribution in [1.82, 2.24) is 30.1 Å². The molecule has 1 atom stereocenters. The predicted octanol–water partition coefficient (Wildman–Crippen LogP) is 3.78. The number of piperidine rings is 1. The van der Waals surface area contributed by atoms with Gasteiger partial charge in [0.05, 0.1) is 23.1 Å². The van der Waals surface area contributed by atoms with E-state index in [2.05, 4.69) is 38.6 Å². The van der Waals surface area contributed by atoms with Gasteiger partial charge in [-0.05, 0) is 38.6 Å². The second-order valence-corrected chi connectivity index (χ2v) is 7.92. The molecule has 0 saturated carbocycles. The maximum atomic E-state index is 5.00. The lowest BCUT2D eigenvalue weighted by Gasteiger charge is -2.23. The van der Waals surface area contributed by atoms with Crippen molar-refractivity contribution in [2.24, 2.45) is 0 Å². The molecule has 3 N–H and O–H groups in total. The van der Waals surface area contributed by atoms with Crippen molar-refractivity contribution in [3.63, 3.8) is 0 Å². The number of rotatable bonds is 6. The Kier molecular flexibility index (Phi) is 5.50. The van der Waals surface area contributed by atoms with Gasteiger partial charge >= 0.3 is 0 Å². The minimum Gasteiger partial charge on any atom is -0.335 e. The van der Waals surface area contributed by atoms with Crippen molar-refractivity contribution in [1.29, 1.82) is 0 Å². The fourth-order valence-corrected chi connectivity index (χ4v) is 4.01. The molecule has 0 amide bonds. The largest absolute Gasteiger partial charge is 0.335 e. The van der Waals surface area contributed by atoms with Crippen molar-refractivity contribution in [3.8, 4) is 11.1 Å². The summed E-state index contributed by atoms with van der Waals surface area (Å²) < 4.78 is 1.87. The number of aromatic amines is 1. The molecule has 0 radical (unpaired) electrons. The second-order valence-electron chi connectivity index (χ2n) is 7.07. The van der Waals surface area contributed by atoms with E-state index < -0.39 is 0 Å². The molecule has 7 nitrogen and oxygen atoms in total. The molecule has 4 rings (SSSR count). The van der Waals surface area contributed by atoms with Gasteiger partial charge in [-0.15, -0.1) is 11.8 Å². The first-order valence-electron chi connectivity index (χ1n) is 9.42. The molecule has 1 saturated heterocycles. The van der Waals surface area contributed by atoms with Crippen molar-refractivity contribution in [2.45, 2.75) is 25.7 Å². The average molecular weight is 396 g/mol. The van der Waals surface area contributed by atoms with E-state index in [0.29, 0.717) is 5.92 Å². The third-order valence-corrected chi connectivity index (χ3v) is 5.52. The molecule has 0 bridgehead atoms. The SMILES string of the molecule is C=C(C)/C=C(/Nc1cc(C2CCCNC2)nc2c(-c3cn[nH]c3)cnn12)SC. The van der Waals surface area contributed by atoms with E-state index in [9.17, 15) is 0 Å². The van der Waals surface area contributed by atoms with Crippen LogP contribution in [0.2, 0.25) is 0 Å². The summed E-state index contributed by atoms with van der Waals surface area (Å²) in [7, 11) is 0. The van der Waals surface area contributed by atoms with Crippen molar-refractivity contribution < 1.29 is 0 Å². The zero-order valence-electron chi connectivity index (χ0n) is 16.2. The Hall–Kier alpha value is -2.58. The van der Waals surface area contributed by atoms with E-state index in [4.69, 9.17) is 4.98 Å². The summed E-state index contributed by atoms with van der Waals surface area (Å²) in [6.07, 6.45) is 11.9. The van der Waals surface area contributed by atoms with E-state index in [-0.39, 0.29) is 0 Å². The molecular weight excluding hydrogens is 370 g/mol. The third kappa shape index (κ3) is 3.83. The number of fused-ring (bicyclic) bond motifs is 1. The Morgan fingerprint density at radius 3 is 3.00 bits per heavy atom. The summed E-state index contributed by atoms with van der Waals surface area (Å²) in [5, 5.41) is 19.6. The van der Waals surface area contributed by atoms with Crippen LogP contribution >= 0.6 is 11.8 Å². The molecule has 0 aliphatic carbocycles. The van der Waals surface area contributed by atoms with Gasteiger partial charge in [-0.1, -0.05) is 12.2 Å². The molecule has 28 heavy (non-hydrogen) atoms. The van der Waals surface area contributed by atoms with E-state index in [1.807, 2.05) is 36.2 Å². The number of nitrogens with one attached hydrogen (secondary N) is 3. The number of allylic oxidation sites excluding steroid dienone is 2. The fraction of sp³-hybridized carbons (Fsp3) is 0.350. The molecular formula is C20H25N7S. The third-order valence-electron chi connectivity index (χ3n) is 4.86. The maximum Gasteiger partial charge on any atom is 0.165 e. The topological polar surface area (TPSA) is 82.9 Å². The normalized spacial score (nSPS) is 17.8. The molecule has 1 aliphatic rings. The molecule has 0 spiro atoms. The van der Waals surface area contributed by atoms with Crippen molar-refractivity contribution in [3.05, 3.63) is 53.6 Å². The Labute approximate surface area is 168 Å². The van der Waals surface area contributed by atoms with Crippen LogP contribution in [-0.2, 0) is 0 Å². The molecule has 1 aliphatic heterocycles. The number of hydrogen-bond donors (Lipinski definition) is 3. The molecule has 1 unspecified atom stereocenters. The Bertz CT molecular complexity index is 997. The summed E-state index contributed by atoms with van der Waals surface area (Å²) in [6, 6.07) is 2.12. The number of aromatic nitrogens is 5. The van der Waals surface area contributed by atoms with E-state index >= 15 is 0 Å². The average Bonchev–Trinajstić information content (AvgIpc) is 3.37. The van der Waals surface area contributed by atoms with Crippen LogP contribution in [0.3, 0.4) is 0 Å². The molecule has 1 fully saturated rings. The highest BCUT2D eigenvalue weighted by molar-refractivity contribution is 8.02. The molecule has 4 heterocycles. The first-order chi connectivity index (χ1) is 13.7. The summed E-state index contributed by atoms with van der Waals surface area (Å²) >= 11 is 1.65. The summed E-state index contributed by atoms with van der Waals surface area (Å²) in [6.45, 7) is 8.01. The predicted molar refractivity (Wildman–Crippen MR) is 115 cm³/mol. The van der Waals surface area contributed by atoms with Gasteiger partial charge < -0.3 is 10.6 Å². The summed E-state index contributed by atoms with van der Waals surface area (Å²) in [5.74, 6) is 1.30. The summed E-state index contributed by atoms with van der Waals surface area (Å²) in [5.41, 5.74) is 4.87. The highest BCUT2D eigenvalue weighted by Crippen LogP contribution is 2.30. The Morgan fingerprint density at radius 1 is 1.43 bits per heavy atom. The zero-order chi connectivity index (χ0) is 19.5. The van der Waals surface area contributed by atoms with Crippen molar-refractivity contribution >= 4 is 23.2 Å². The molecule has 8 heteroatoms. The number of anilines is 1. The van der Waals surface area contributed by atoms with Gasteiger partial charge in [0.25, 0.3) is 0 Å². The van der Waals surface area contributed by atoms with Crippen LogP contribution in [0, 0.1) is 0 Å². The highest BCUT2D eigenvalue weighted by Gasteiger charge is 2.21. The van der Waals surface area contributed by atoms with Crippen LogP contribution in [0.25, 0.3) is 16.8 Å². The van der Waals surface area contributed by atoms with E-state index in [1.54, 1.807) is 18.0 Å². The number of thioether (sulfide) groups is 1. The number of nitrogens with zero attached hydrogens (tertiary/aromatic N) is 4. The minimum absolute atomic E-state index is 0.397. The Morgan fingerprint density at radius 2 is 2.32 bits per heavy atom. The quantitative estimate of drug-likeness (QED) is 0.551. The van der Waals surface area contributed by atoms with Gasteiger partial charge in [0.2, 0.25) is 0 Å². The van der Waals surface area contributed by atoms with Crippen LogP contribution in [0.1, 0.15) is 31.4 Å². The minimum atomic E-state index is 0.397. The highest BCUT2D eigenvalue weighted by atomic mass is 32.2. The fourth-order valence-electron chi connectivity index (χ4n) is 3.48. The molecule has 0 aromatic carbocycles.